The van der Waals surface area contributed by atoms with Crippen LogP contribution in [0, 0.1) is 0 Å². The fourth-order valence-corrected chi connectivity index (χ4v) is 1.71. The van der Waals surface area contributed by atoms with E-state index in [-0.39, 0.29) is 6.03 Å². The molecule has 0 saturated heterocycles. The summed E-state index contributed by atoms with van der Waals surface area (Å²) in [6.07, 6.45) is 4.34. The lowest BCUT2D eigenvalue weighted by molar-refractivity contribution is 0.201. The molecule has 2 heterocycles. The van der Waals surface area contributed by atoms with Crippen molar-refractivity contribution in [2.75, 3.05) is 13.6 Å². The van der Waals surface area contributed by atoms with Crippen LogP contribution in [-0.2, 0) is 6.54 Å². The van der Waals surface area contributed by atoms with Crippen LogP contribution in [0.25, 0.3) is 11.3 Å². The molecular weight excluding hydrogens is 256 g/mol. The molecule has 6 nitrogen and oxygen atoms in total. The molecule has 0 atom stereocenters. The Hall–Kier alpha value is -2.37. The number of nitrogens with one attached hydrogen (secondary N) is 1. The van der Waals surface area contributed by atoms with E-state index in [0.717, 1.165) is 17.7 Å². The van der Waals surface area contributed by atoms with Crippen LogP contribution in [0.2, 0.25) is 0 Å². The molecular formula is C14H18N4O2. The number of carbonyl (C=O) groups excluding carboxylic acids is 1. The normalized spacial score (nSPS) is 10.3. The highest BCUT2D eigenvalue weighted by atomic mass is 16.5. The van der Waals surface area contributed by atoms with Crippen molar-refractivity contribution in [3.05, 3.63) is 36.4 Å². The van der Waals surface area contributed by atoms with Crippen molar-refractivity contribution in [3.8, 4) is 11.3 Å². The molecule has 0 fully saturated rings. The molecule has 0 aliphatic heterocycles. The summed E-state index contributed by atoms with van der Waals surface area (Å²) in [5, 5.41) is 6.79. The fourth-order valence-electron chi connectivity index (χ4n) is 1.71. The number of rotatable bonds is 5. The Labute approximate surface area is 117 Å². The van der Waals surface area contributed by atoms with E-state index in [4.69, 9.17) is 4.52 Å². The highest BCUT2D eigenvalue weighted by molar-refractivity contribution is 5.73. The first-order valence-corrected chi connectivity index (χ1v) is 6.55. The van der Waals surface area contributed by atoms with Gasteiger partial charge in [0.2, 0.25) is 0 Å². The Morgan fingerprint density at radius 1 is 1.50 bits per heavy atom. The monoisotopic (exact) mass is 274 g/mol. The quantitative estimate of drug-likeness (QED) is 0.908. The third-order valence-corrected chi connectivity index (χ3v) is 2.78. The number of carbonyl (C=O) groups is 1. The third kappa shape index (κ3) is 3.57. The molecule has 2 aromatic heterocycles. The molecule has 6 heteroatoms. The van der Waals surface area contributed by atoms with Crippen LogP contribution < -0.4 is 5.32 Å². The van der Waals surface area contributed by atoms with Crippen LogP contribution in [0.3, 0.4) is 0 Å². The van der Waals surface area contributed by atoms with Crippen molar-refractivity contribution < 1.29 is 9.32 Å². The van der Waals surface area contributed by atoms with Gasteiger partial charge >= 0.3 is 6.03 Å². The van der Waals surface area contributed by atoms with Gasteiger partial charge in [0, 0.05) is 37.6 Å². The molecule has 0 saturated carbocycles. The minimum absolute atomic E-state index is 0.119. The van der Waals surface area contributed by atoms with E-state index >= 15 is 0 Å². The first-order chi connectivity index (χ1) is 9.70. The molecule has 0 bridgehead atoms. The SMILES string of the molecule is CCCNC(=O)N(C)Cc1cc(-c2cccnc2)no1. The molecule has 0 aliphatic carbocycles. The topological polar surface area (TPSA) is 71.3 Å². The first kappa shape index (κ1) is 14.0. The molecule has 20 heavy (non-hydrogen) atoms. The maximum absolute atomic E-state index is 11.7. The minimum atomic E-state index is -0.119. The van der Waals surface area contributed by atoms with Gasteiger partial charge in [-0.15, -0.1) is 0 Å². The van der Waals surface area contributed by atoms with Crippen molar-refractivity contribution >= 4 is 6.03 Å². The van der Waals surface area contributed by atoms with Crippen molar-refractivity contribution in [1.82, 2.24) is 20.4 Å². The van der Waals surface area contributed by atoms with Crippen molar-refractivity contribution in [1.29, 1.82) is 0 Å². The van der Waals surface area contributed by atoms with Gasteiger partial charge in [0.05, 0.1) is 6.54 Å². The predicted molar refractivity (Wildman–Crippen MR) is 74.9 cm³/mol. The van der Waals surface area contributed by atoms with Crippen molar-refractivity contribution in [2.24, 2.45) is 0 Å². The van der Waals surface area contributed by atoms with E-state index in [1.807, 2.05) is 25.1 Å². The van der Waals surface area contributed by atoms with E-state index < -0.39 is 0 Å². The highest BCUT2D eigenvalue weighted by Gasteiger charge is 2.12. The smallest absolute Gasteiger partial charge is 0.317 e. The summed E-state index contributed by atoms with van der Waals surface area (Å²) in [6, 6.07) is 5.45. The lowest BCUT2D eigenvalue weighted by Crippen LogP contribution is -2.37. The van der Waals surface area contributed by atoms with E-state index in [1.54, 1.807) is 24.3 Å². The van der Waals surface area contributed by atoms with Crippen molar-refractivity contribution in [3.63, 3.8) is 0 Å². The third-order valence-electron chi connectivity index (χ3n) is 2.78. The van der Waals surface area contributed by atoms with Gasteiger partial charge < -0.3 is 14.7 Å². The average molecular weight is 274 g/mol. The summed E-state index contributed by atoms with van der Waals surface area (Å²) in [7, 11) is 1.72. The van der Waals surface area contributed by atoms with Gasteiger partial charge in [-0.3, -0.25) is 4.98 Å². The molecule has 1 N–H and O–H groups in total. The maximum Gasteiger partial charge on any atom is 0.317 e. The van der Waals surface area contributed by atoms with E-state index in [2.05, 4.69) is 15.5 Å². The van der Waals surface area contributed by atoms with Gasteiger partial charge in [-0.25, -0.2) is 4.79 Å². The Morgan fingerprint density at radius 3 is 3.05 bits per heavy atom. The zero-order valence-electron chi connectivity index (χ0n) is 11.7. The van der Waals surface area contributed by atoms with Crippen LogP contribution in [-0.4, -0.2) is 34.7 Å². The Balaban J connectivity index is 1.98. The molecule has 0 spiro atoms. The zero-order valence-corrected chi connectivity index (χ0v) is 11.7. The Bertz CT molecular complexity index is 553. The number of amides is 2. The van der Waals surface area contributed by atoms with Gasteiger partial charge in [0.25, 0.3) is 0 Å². The maximum atomic E-state index is 11.7. The summed E-state index contributed by atoms with van der Waals surface area (Å²) in [6.45, 7) is 3.06. The molecule has 0 aliphatic rings. The van der Waals surface area contributed by atoms with Gasteiger partial charge in [-0.2, -0.15) is 0 Å². The molecule has 0 radical (unpaired) electrons. The lowest BCUT2D eigenvalue weighted by Gasteiger charge is -2.15. The van der Waals surface area contributed by atoms with Gasteiger partial charge in [-0.1, -0.05) is 12.1 Å². The summed E-state index contributed by atoms with van der Waals surface area (Å²) in [4.78, 5) is 17.3. The second-order valence-corrected chi connectivity index (χ2v) is 4.51. The average Bonchev–Trinajstić information content (AvgIpc) is 2.94. The standard InChI is InChI=1S/C14H18N4O2/c1-3-6-16-14(19)18(2)10-12-8-13(17-20-12)11-5-4-7-15-9-11/h4-5,7-9H,3,6,10H2,1-2H3,(H,16,19). The zero-order chi connectivity index (χ0) is 14.4. The van der Waals surface area contributed by atoms with Gasteiger partial charge in [0.1, 0.15) is 5.69 Å². The Morgan fingerprint density at radius 2 is 2.35 bits per heavy atom. The number of nitrogens with zero attached hydrogens (tertiary/aromatic N) is 3. The number of pyridine rings is 1. The van der Waals surface area contributed by atoms with Crippen LogP contribution in [0.5, 0.6) is 0 Å². The number of aromatic nitrogens is 2. The molecule has 2 aromatic rings. The molecule has 2 rings (SSSR count). The fraction of sp³-hybridized carbons (Fsp3) is 0.357. The summed E-state index contributed by atoms with van der Waals surface area (Å²) in [5.41, 5.74) is 1.61. The van der Waals surface area contributed by atoms with Crippen LogP contribution in [0.1, 0.15) is 19.1 Å². The highest BCUT2D eigenvalue weighted by Crippen LogP contribution is 2.18. The van der Waals surface area contributed by atoms with Crippen LogP contribution >= 0.6 is 0 Å². The first-order valence-electron chi connectivity index (χ1n) is 6.55. The summed E-state index contributed by atoms with van der Waals surface area (Å²) < 4.78 is 5.24. The van der Waals surface area contributed by atoms with E-state index in [0.29, 0.717) is 18.8 Å². The Kier molecular flexibility index (Phi) is 4.70. The summed E-state index contributed by atoms with van der Waals surface area (Å²) >= 11 is 0. The minimum Gasteiger partial charge on any atom is -0.359 e. The molecule has 106 valence electrons. The van der Waals surface area contributed by atoms with Gasteiger partial charge in [0.15, 0.2) is 5.76 Å². The lowest BCUT2D eigenvalue weighted by atomic mass is 10.2. The van der Waals surface area contributed by atoms with Crippen molar-refractivity contribution in [2.45, 2.75) is 19.9 Å². The molecule has 2 amide bonds. The number of hydrogen-bond donors (Lipinski definition) is 1. The largest absolute Gasteiger partial charge is 0.359 e. The number of hydrogen-bond acceptors (Lipinski definition) is 4. The molecule has 0 aromatic carbocycles. The molecule has 0 unspecified atom stereocenters. The van der Waals surface area contributed by atoms with Crippen LogP contribution in [0.4, 0.5) is 4.79 Å². The predicted octanol–water partition coefficient (Wildman–Crippen LogP) is 2.29. The second-order valence-electron chi connectivity index (χ2n) is 4.51. The van der Waals surface area contributed by atoms with E-state index in [9.17, 15) is 4.79 Å². The summed E-state index contributed by atoms with van der Waals surface area (Å²) in [5.74, 6) is 0.637. The van der Waals surface area contributed by atoms with Crippen LogP contribution in [0.15, 0.2) is 35.1 Å². The van der Waals surface area contributed by atoms with E-state index in [1.165, 1.54) is 0 Å². The van der Waals surface area contributed by atoms with Gasteiger partial charge in [-0.05, 0) is 18.6 Å². The number of urea groups is 1. The second kappa shape index (κ2) is 6.70.